The fourth-order valence-electron chi connectivity index (χ4n) is 1.05. The van der Waals surface area contributed by atoms with Crippen molar-refractivity contribution in [2.24, 2.45) is 0 Å². The molecule has 0 fully saturated rings. The fraction of sp³-hybridized carbons (Fsp3) is 0.100. The van der Waals surface area contributed by atoms with Crippen LogP contribution < -0.4 is 0 Å². The van der Waals surface area contributed by atoms with Gasteiger partial charge < -0.3 is 0 Å². The van der Waals surface area contributed by atoms with Crippen LogP contribution in [-0.4, -0.2) is 5.78 Å². The first-order valence-corrected chi connectivity index (χ1v) is 3.96. The number of ketones is 1. The monoisotopic (exact) mass is 180 g/mol. The lowest BCUT2D eigenvalue weighted by atomic mass is 10.1. The summed E-state index contributed by atoms with van der Waals surface area (Å²) < 4.78 is 0. The Balaban J connectivity index is 3.30. The van der Waals surface area contributed by atoms with Crippen molar-refractivity contribution < 1.29 is 4.79 Å². The molecular weight excluding hydrogens is 172 g/mol. The summed E-state index contributed by atoms with van der Waals surface area (Å²) in [7, 11) is 0. The molecule has 0 aliphatic rings. The predicted molar refractivity (Wildman–Crippen MR) is 50.7 cm³/mol. The van der Waals surface area contributed by atoms with Gasteiger partial charge in [0.1, 0.15) is 0 Å². The number of carbonyl (C=O) groups is 1. The van der Waals surface area contributed by atoms with Crippen LogP contribution in [0.1, 0.15) is 15.9 Å². The molecule has 0 saturated heterocycles. The van der Waals surface area contributed by atoms with Crippen LogP contribution in [-0.2, 0) is 0 Å². The molecule has 12 heavy (non-hydrogen) atoms. The summed E-state index contributed by atoms with van der Waals surface area (Å²) in [5, 5.41) is 0.486. The van der Waals surface area contributed by atoms with Gasteiger partial charge in [-0.05, 0) is 24.6 Å². The minimum Gasteiger partial charge on any atom is -0.289 e. The molecule has 0 radical (unpaired) electrons. The maximum Gasteiger partial charge on any atom is 0.187 e. The van der Waals surface area contributed by atoms with Crippen LogP contribution in [0.4, 0.5) is 0 Å². The Morgan fingerprint density at radius 2 is 2.25 bits per heavy atom. The minimum absolute atomic E-state index is 0.127. The second-order valence-electron chi connectivity index (χ2n) is 2.50. The van der Waals surface area contributed by atoms with E-state index in [1.54, 1.807) is 6.07 Å². The summed E-state index contributed by atoms with van der Waals surface area (Å²) in [6.45, 7) is 5.26. The fourth-order valence-corrected chi connectivity index (χ4v) is 1.36. The molecule has 0 N–H and O–H groups in total. The highest BCUT2D eigenvalue weighted by Gasteiger charge is 2.08. The third kappa shape index (κ3) is 1.56. The molecule has 0 saturated carbocycles. The van der Waals surface area contributed by atoms with E-state index in [4.69, 9.17) is 11.6 Å². The molecule has 0 aliphatic carbocycles. The summed E-state index contributed by atoms with van der Waals surface area (Å²) in [6.07, 6.45) is 1.27. The van der Waals surface area contributed by atoms with Gasteiger partial charge in [0.15, 0.2) is 5.78 Å². The molecule has 1 aromatic rings. The van der Waals surface area contributed by atoms with Gasteiger partial charge in [-0.1, -0.05) is 30.3 Å². The van der Waals surface area contributed by atoms with E-state index in [2.05, 4.69) is 6.58 Å². The number of hydrogen-bond donors (Lipinski definition) is 0. The van der Waals surface area contributed by atoms with Crippen molar-refractivity contribution in [3.63, 3.8) is 0 Å². The van der Waals surface area contributed by atoms with Crippen molar-refractivity contribution in [3.05, 3.63) is 47.0 Å². The van der Waals surface area contributed by atoms with Crippen LogP contribution in [0.15, 0.2) is 30.9 Å². The van der Waals surface area contributed by atoms with E-state index < -0.39 is 0 Å². The summed E-state index contributed by atoms with van der Waals surface area (Å²) in [6, 6.07) is 5.37. The van der Waals surface area contributed by atoms with Crippen molar-refractivity contribution in [2.45, 2.75) is 6.92 Å². The number of hydrogen-bond acceptors (Lipinski definition) is 1. The van der Waals surface area contributed by atoms with Crippen molar-refractivity contribution in [1.29, 1.82) is 0 Å². The van der Waals surface area contributed by atoms with E-state index >= 15 is 0 Å². The second-order valence-corrected chi connectivity index (χ2v) is 2.91. The van der Waals surface area contributed by atoms with Gasteiger partial charge in [-0.3, -0.25) is 4.79 Å². The van der Waals surface area contributed by atoms with Gasteiger partial charge >= 0.3 is 0 Å². The van der Waals surface area contributed by atoms with E-state index in [1.165, 1.54) is 6.08 Å². The zero-order valence-corrected chi connectivity index (χ0v) is 7.56. The van der Waals surface area contributed by atoms with Crippen LogP contribution in [0.2, 0.25) is 5.02 Å². The van der Waals surface area contributed by atoms with Gasteiger partial charge in [0.05, 0.1) is 5.02 Å². The first-order chi connectivity index (χ1) is 5.66. The van der Waals surface area contributed by atoms with Crippen molar-refractivity contribution >= 4 is 17.4 Å². The third-order valence-corrected chi connectivity index (χ3v) is 1.97. The zero-order chi connectivity index (χ0) is 9.14. The number of carbonyl (C=O) groups excluding carboxylic acids is 1. The lowest BCUT2D eigenvalue weighted by Crippen LogP contribution is -1.97. The largest absolute Gasteiger partial charge is 0.289 e. The molecular formula is C10H9ClO. The molecule has 1 nitrogen and oxygen atoms in total. The Hall–Kier alpha value is -1.08. The van der Waals surface area contributed by atoms with Crippen LogP contribution in [0.3, 0.4) is 0 Å². The summed E-state index contributed by atoms with van der Waals surface area (Å²) >= 11 is 5.83. The van der Waals surface area contributed by atoms with E-state index in [0.717, 1.165) is 5.56 Å². The van der Waals surface area contributed by atoms with Gasteiger partial charge in [0.25, 0.3) is 0 Å². The van der Waals surface area contributed by atoms with Gasteiger partial charge in [0, 0.05) is 5.56 Å². The number of benzene rings is 1. The molecule has 0 amide bonds. The topological polar surface area (TPSA) is 17.1 Å². The van der Waals surface area contributed by atoms with Crippen molar-refractivity contribution in [1.82, 2.24) is 0 Å². The number of halogens is 1. The molecule has 1 aromatic carbocycles. The lowest BCUT2D eigenvalue weighted by Gasteiger charge is -2.02. The molecule has 62 valence electrons. The van der Waals surface area contributed by atoms with Gasteiger partial charge in [-0.2, -0.15) is 0 Å². The Morgan fingerprint density at radius 1 is 1.58 bits per heavy atom. The SMILES string of the molecule is C=CC(=O)c1c(C)cccc1Cl. The second kappa shape index (κ2) is 3.55. The number of allylic oxidation sites excluding steroid dienone is 1. The van der Waals surface area contributed by atoms with Crippen LogP contribution in [0.5, 0.6) is 0 Å². The van der Waals surface area contributed by atoms with Crippen LogP contribution >= 0.6 is 11.6 Å². The summed E-state index contributed by atoms with van der Waals surface area (Å²) in [5.74, 6) is -0.127. The highest BCUT2D eigenvalue weighted by Crippen LogP contribution is 2.19. The highest BCUT2D eigenvalue weighted by atomic mass is 35.5. The Labute approximate surface area is 76.7 Å². The number of rotatable bonds is 2. The molecule has 2 heteroatoms. The summed E-state index contributed by atoms with van der Waals surface area (Å²) in [4.78, 5) is 11.3. The smallest absolute Gasteiger partial charge is 0.187 e. The maximum absolute atomic E-state index is 11.3. The normalized spacial score (nSPS) is 9.50. The average molecular weight is 181 g/mol. The zero-order valence-electron chi connectivity index (χ0n) is 6.80. The van der Waals surface area contributed by atoms with E-state index in [0.29, 0.717) is 10.6 Å². The number of aryl methyl sites for hydroxylation is 1. The predicted octanol–water partition coefficient (Wildman–Crippen LogP) is 3.02. The summed E-state index contributed by atoms with van der Waals surface area (Å²) in [5.41, 5.74) is 1.43. The average Bonchev–Trinajstić information content (AvgIpc) is 2.03. The Morgan fingerprint density at radius 3 is 2.75 bits per heavy atom. The lowest BCUT2D eigenvalue weighted by molar-refractivity contribution is 0.104. The molecule has 0 atom stereocenters. The van der Waals surface area contributed by atoms with Gasteiger partial charge in [0.2, 0.25) is 0 Å². The van der Waals surface area contributed by atoms with Crippen molar-refractivity contribution in [2.75, 3.05) is 0 Å². The van der Waals surface area contributed by atoms with Crippen molar-refractivity contribution in [3.8, 4) is 0 Å². The molecule has 0 aliphatic heterocycles. The quantitative estimate of drug-likeness (QED) is 0.505. The molecule has 0 bridgehead atoms. The highest BCUT2D eigenvalue weighted by molar-refractivity contribution is 6.34. The Kier molecular flexibility index (Phi) is 2.66. The first kappa shape index (κ1) is 9.01. The van der Waals surface area contributed by atoms with Gasteiger partial charge in [-0.25, -0.2) is 0 Å². The first-order valence-electron chi connectivity index (χ1n) is 3.58. The Bertz CT molecular complexity index is 308. The standard InChI is InChI=1S/C10H9ClO/c1-3-9(12)10-7(2)5-4-6-8(10)11/h3-6H,1H2,2H3. The van der Waals surface area contributed by atoms with E-state index in [-0.39, 0.29) is 5.78 Å². The minimum atomic E-state index is -0.127. The molecule has 0 heterocycles. The molecule has 0 unspecified atom stereocenters. The maximum atomic E-state index is 11.3. The third-order valence-electron chi connectivity index (χ3n) is 1.65. The van der Waals surface area contributed by atoms with E-state index in [1.807, 2.05) is 19.1 Å². The molecule has 0 aromatic heterocycles. The van der Waals surface area contributed by atoms with Crippen LogP contribution in [0.25, 0.3) is 0 Å². The van der Waals surface area contributed by atoms with E-state index in [9.17, 15) is 4.79 Å². The van der Waals surface area contributed by atoms with Crippen LogP contribution in [0, 0.1) is 6.92 Å². The molecule has 1 rings (SSSR count). The molecule has 0 spiro atoms. The van der Waals surface area contributed by atoms with Gasteiger partial charge in [-0.15, -0.1) is 0 Å².